The van der Waals surface area contributed by atoms with Crippen LogP contribution in [0.15, 0.2) is 47.6 Å². The molecule has 2 aromatic carbocycles. The maximum atomic E-state index is 13.3. The van der Waals surface area contributed by atoms with Gasteiger partial charge >= 0.3 is 5.97 Å². The zero-order valence-electron chi connectivity index (χ0n) is 18.3. The van der Waals surface area contributed by atoms with Crippen molar-refractivity contribution in [1.82, 2.24) is 4.90 Å². The summed E-state index contributed by atoms with van der Waals surface area (Å²) in [7, 11) is 0. The predicted molar refractivity (Wildman–Crippen MR) is 126 cm³/mol. The number of nitrogens with zero attached hydrogens (tertiary/aromatic N) is 2. The molecule has 0 radical (unpaired) electrons. The van der Waals surface area contributed by atoms with Crippen molar-refractivity contribution in [2.24, 2.45) is 5.16 Å². The third-order valence-electron chi connectivity index (χ3n) is 5.13. The van der Waals surface area contributed by atoms with Crippen LogP contribution in [0.3, 0.4) is 0 Å². The molecule has 3 rings (SSSR count). The Balaban J connectivity index is 1.61. The second-order valence-corrected chi connectivity index (χ2v) is 8.82. The monoisotopic (exact) mass is 496 g/mol. The number of carbonyl (C=O) groups excluding carboxylic acids is 1. The van der Waals surface area contributed by atoms with Crippen molar-refractivity contribution in [3.05, 3.63) is 69.5 Å². The molecular formula is C24H27Cl2FN2O4. The Morgan fingerprint density at radius 2 is 2.03 bits per heavy atom. The molecule has 1 aliphatic rings. The van der Waals surface area contributed by atoms with E-state index in [9.17, 15) is 14.3 Å². The lowest BCUT2D eigenvalue weighted by Crippen LogP contribution is -2.39. The second kappa shape index (κ2) is 12.3. The highest BCUT2D eigenvalue weighted by Crippen LogP contribution is 2.26. The van der Waals surface area contributed by atoms with Crippen LogP contribution in [0, 0.1) is 5.82 Å². The Labute approximate surface area is 202 Å². The third kappa shape index (κ3) is 7.96. The first-order valence-electron chi connectivity index (χ1n) is 10.8. The van der Waals surface area contributed by atoms with Crippen molar-refractivity contribution < 1.29 is 23.9 Å². The van der Waals surface area contributed by atoms with Gasteiger partial charge in [-0.15, -0.1) is 0 Å². The number of rotatable bonds is 11. The number of benzene rings is 2. The summed E-state index contributed by atoms with van der Waals surface area (Å²) in [4.78, 5) is 19.2. The predicted octanol–water partition coefficient (Wildman–Crippen LogP) is 4.83. The van der Waals surface area contributed by atoms with Crippen LogP contribution in [0.2, 0.25) is 10.0 Å². The highest BCUT2D eigenvalue weighted by molar-refractivity contribution is 6.42. The molecule has 9 heteroatoms. The quantitative estimate of drug-likeness (QED) is 0.451. The van der Waals surface area contributed by atoms with Crippen molar-refractivity contribution in [2.45, 2.75) is 44.9 Å². The van der Waals surface area contributed by atoms with Gasteiger partial charge in [0.05, 0.1) is 15.8 Å². The van der Waals surface area contributed by atoms with Gasteiger partial charge in [-0.3, -0.25) is 9.69 Å². The van der Waals surface area contributed by atoms with Gasteiger partial charge in [0.15, 0.2) is 0 Å². The number of carbonyl (C=O) groups is 1. The highest BCUT2D eigenvalue weighted by Gasteiger charge is 2.26. The Kier molecular flexibility index (Phi) is 9.50. The van der Waals surface area contributed by atoms with Gasteiger partial charge in [0.25, 0.3) is 0 Å². The molecule has 0 saturated carbocycles. The summed E-state index contributed by atoms with van der Waals surface area (Å²) >= 11 is 12.1. The van der Waals surface area contributed by atoms with Crippen LogP contribution in [0.1, 0.15) is 37.3 Å². The van der Waals surface area contributed by atoms with Crippen molar-refractivity contribution in [2.75, 3.05) is 19.7 Å². The minimum atomic E-state index is -0.872. The van der Waals surface area contributed by atoms with E-state index in [-0.39, 0.29) is 31.0 Å². The van der Waals surface area contributed by atoms with E-state index in [1.807, 2.05) is 17.9 Å². The lowest BCUT2D eigenvalue weighted by molar-refractivity contribution is -0.147. The van der Waals surface area contributed by atoms with Gasteiger partial charge in [0.2, 0.25) is 0 Å². The Morgan fingerprint density at radius 1 is 1.27 bits per heavy atom. The van der Waals surface area contributed by atoms with Crippen LogP contribution in [-0.2, 0) is 20.9 Å². The molecule has 0 amide bonds. The fourth-order valence-corrected chi connectivity index (χ4v) is 3.83. The lowest BCUT2D eigenvalue weighted by atomic mass is 10.0. The molecule has 2 aromatic rings. The van der Waals surface area contributed by atoms with Crippen molar-refractivity contribution in [3.8, 4) is 0 Å². The topological polar surface area (TPSA) is 71.4 Å². The fourth-order valence-electron chi connectivity index (χ4n) is 3.53. The molecule has 6 nitrogen and oxygen atoms in total. The van der Waals surface area contributed by atoms with Gasteiger partial charge in [0, 0.05) is 38.0 Å². The van der Waals surface area contributed by atoms with Gasteiger partial charge in [-0.05, 0) is 36.2 Å². The molecule has 0 unspecified atom stereocenters. The SMILES string of the molecule is CCCC(=O)OC[C@H](O)CN(Cc1ccc(F)cc1)C[C@@H]1CC(c2ccc(Cl)c(Cl)c2)=NO1. The molecular weight excluding hydrogens is 470 g/mol. The highest BCUT2D eigenvalue weighted by atomic mass is 35.5. The Hall–Kier alpha value is -2.19. The standard InChI is InChI=1S/C24H27Cl2FN2O4/c1-2-3-24(31)32-15-19(30)13-29(12-16-4-7-18(27)8-5-16)14-20-11-23(28-33-20)17-6-9-21(25)22(26)10-17/h4-10,19-20,30H,2-3,11-15H2,1H3/t19-,20+/m1/s1. The third-order valence-corrected chi connectivity index (χ3v) is 5.87. The molecule has 0 fully saturated rings. The van der Waals surface area contributed by atoms with Crippen molar-refractivity contribution in [3.63, 3.8) is 0 Å². The summed E-state index contributed by atoms with van der Waals surface area (Å²) in [6, 6.07) is 11.5. The molecule has 2 atom stereocenters. The number of aliphatic hydroxyl groups is 1. The molecule has 1 N–H and O–H groups in total. The molecule has 0 bridgehead atoms. The maximum absolute atomic E-state index is 13.3. The smallest absolute Gasteiger partial charge is 0.305 e. The first kappa shape index (κ1) is 25.4. The summed E-state index contributed by atoms with van der Waals surface area (Å²) in [5, 5.41) is 15.6. The molecule has 178 valence electrons. The lowest BCUT2D eigenvalue weighted by Gasteiger charge is -2.27. The maximum Gasteiger partial charge on any atom is 0.305 e. The molecule has 0 aliphatic carbocycles. The van der Waals surface area contributed by atoms with E-state index in [2.05, 4.69) is 5.16 Å². The normalized spacial score (nSPS) is 16.4. The molecule has 0 aromatic heterocycles. The number of aliphatic hydroxyl groups excluding tert-OH is 1. The van der Waals surface area contributed by atoms with Crippen LogP contribution in [0.4, 0.5) is 4.39 Å². The minimum Gasteiger partial charge on any atom is -0.463 e. The van der Waals surface area contributed by atoms with Gasteiger partial charge in [-0.1, -0.05) is 53.5 Å². The van der Waals surface area contributed by atoms with E-state index < -0.39 is 6.10 Å². The number of halogens is 3. The fraction of sp³-hybridized carbons (Fsp3) is 0.417. The largest absolute Gasteiger partial charge is 0.463 e. The van der Waals surface area contributed by atoms with Gasteiger partial charge in [0.1, 0.15) is 24.6 Å². The zero-order valence-corrected chi connectivity index (χ0v) is 19.9. The summed E-state index contributed by atoms with van der Waals surface area (Å²) in [6.45, 7) is 2.97. The number of ether oxygens (including phenoxy) is 1. The van der Waals surface area contributed by atoms with E-state index in [4.69, 9.17) is 32.8 Å². The van der Waals surface area contributed by atoms with Crippen LogP contribution in [-0.4, -0.2) is 53.6 Å². The first-order valence-corrected chi connectivity index (χ1v) is 11.6. The van der Waals surface area contributed by atoms with Crippen LogP contribution in [0.25, 0.3) is 0 Å². The first-order chi connectivity index (χ1) is 15.8. The number of oxime groups is 1. The van der Waals surface area contributed by atoms with E-state index in [0.717, 1.165) is 16.8 Å². The van der Waals surface area contributed by atoms with Gasteiger partial charge < -0.3 is 14.7 Å². The molecule has 1 aliphatic heterocycles. The van der Waals surface area contributed by atoms with Gasteiger partial charge in [-0.25, -0.2) is 4.39 Å². The summed E-state index contributed by atoms with van der Waals surface area (Å²) in [6.07, 6.45) is 0.440. The van der Waals surface area contributed by atoms with E-state index in [1.54, 1.807) is 24.3 Å². The summed E-state index contributed by atoms with van der Waals surface area (Å²) in [5.41, 5.74) is 2.48. The van der Waals surface area contributed by atoms with E-state index in [1.165, 1.54) is 12.1 Å². The van der Waals surface area contributed by atoms with Crippen molar-refractivity contribution >= 4 is 34.9 Å². The molecule has 1 heterocycles. The minimum absolute atomic E-state index is 0.0880. The second-order valence-electron chi connectivity index (χ2n) is 8.01. The van der Waals surface area contributed by atoms with Crippen LogP contribution < -0.4 is 0 Å². The summed E-state index contributed by atoms with van der Waals surface area (Å²) in [5.74, 6) is -0.646. The Bertz CT molecular complexity index is 971. The van der Waals surface area contributed by atoms with Gasteiger partial charge in [-0.2, -0.15) is 0 Å². The number of hydrogen-bond acceptors (Lipinski definition) is 6. The number of hydrogen-bond donors (Lipinski definition) is 1. The van der Waals surface area contributed by atoms with Crippen LogP contribution in [0.5, 0.6) is 0 Å². The average molecular weight is 497 g/mol. The zero-order chi connectivity index (χ0) is 23.8. The molecule has 0 saturated heterocycles. The molecule has 0 spiro atoms. The van der Waals surface area contributed by atoms with Crippen LogP contribution >= 0.6 is 23.2 Å². The van der Waals surface area contributed by atoms with E-state index >= 15 is 0 Å². The molecule has 33 heavy (non-hydrogen) atoms. The average Bonchev–Trinajstić information content (AvgIpc) is 3.24. The van der Waals surface area contributed by atoms with E-state index in [0.29, 0.717) is 42.4 Å². The number of esters is 1. The van der Waals surface area contributed by atoms with Crippen molar-refractivity contribution in [1.29, 1.82) is 0 Å². The Morgan fingerprint density at radius 3 is 2.73 bits per heavy atom. The summed E-state index contributed by atoms with van der Waals surface area (Å²) < 4.78 is 18.4.